The van der Waals surface area contributed by atoms with Gasteiger partial charge in [-0.25, -0.2) is 19.5 Å². The first-order valence-corrected chi connectivity index (χ1v) is 9.97. The number of nitrogens with zero attached hydrogens (tertiary/aromatic N) is 6. The zero-order valence-corrected chi connectivity index (χ0v) is 17.2. The molecular formula is C21H23N7O2. The van der Waals surface area contributed by atoms with Gasteiger partial charge in [0.2, 0.25) is 5.95 Å². The maximum absolute atomic E-state index is 12.6. The lowest BCUT2D eigenvalue weighted by Gasteiger charge is -2.34. The molecule has 9 heteroatoms. The fourth-order valence-electron chi connectivity index (χ4n) is 4.05. The molecule has 0 spiro atoms. The number of ether oxygens (including phenoxy) is 1. The van der Waals surface area contributed by atoms with Crippen molar-refractivity contribution < 1.29 is 4.74 Å². The fourth-order valence-corrected chi connectivity index (χ4v) is 4.05. The summed E-state index contributed by atoms with van der Waals surface area (Å²) in [5, 5.41) is 7.49. The molecule has 0 atom stereocenters. The van der Waals surface area contributed by atoms with Gasteiger partial charge in [0.05, 0.1) is 29.1 Å². The van der Waals surface area contributed by atoms with Crippen molar-refractivity contribution in [2.75, 3.05) is 18.5 Å². The average Bonchev–Trinajstić information content (AvgIpc) is 3.18. The molecule has 4 aromatic rings. The molecular weight excluding hydrogens is 382 g/mol. The third-order valence-electron chi connectivity index (χ3n) is 6.10. The zero-order chi connectivity index (χ0) is 20.9. The van der Waals surface area contributed by atoms with Gasteiger partial charge >= 0.3 is 0 Å². The summed E-state index contributed by atoms with van der Waals surface area (Å²) < 4.78 is 8.85. The molecule has 5 heterocycles. The largest absolute Gasteiger partial charge is 0.381 e. The maximum atomic E-state index is 12.6. The average molecular weight is 405 g/mol. The van der Waals surface area contributed by atoms with Gasteiger partial charge in [0.25, 0.3) is 5.56 Å². The minimum atomic E-state index is -0.162. The van der Waals surface area contributed by atoms with Crippen molar-refractivity contribution in [2.24, 2.45) is 7.05 Å². The molecule has 154 valence electrons. The molecule has 30 heavy (non-hydrogen) atoms. The SMILES string of the molecule is Cc1cc2ncnn2cc1Nc1ncc2c(n1)c(C1(C)CCOCC1)cc(=O)n2C. The number of hydrogen-bond acceptors (Lipinski definition) is 7. The van der Waals surface area contributed by atoms with Gasteiger partial charge in [0, 0.05) is 26.3 Å². The van der Waals surface area contributed by atoms with Crippen LogP contribution in [0.3, 0.4) is 0 Å². The van der Waals surface area contributed by atoms with Crippen LogP contribution in [0.5, 0.6) is 0 Å². The molecule has 1 aliphatic rings. The predicted octanol–water partition coefficient (Wildman–Crippen LogP) is 2.49. The van der Waals surface area contributed by atoms with Crippen LogP contribution < -0.4 is 10.9 Å². The maximum Gasteiger partial charge on any atom is 0.251 e. The van der Waals surface area contributed by atoms with Gasteiger partial charge in [0.15, 0.2) is 5.65 Å². The van der Waals surface area contributed by atoms with E-state index in [4.69, 9.17) is 9.72 Å². The van der Waals surface area contributed by atoms with Crippen LogP contribution in [0.2, 0.25) is 0 Å². The summed E-state index contributed by atoms with van der Waals surface area (Å²) in [6.07, 6.45) is 6.80. The smallest absolute Gasteiger partial charge is 0.251 e. The number of hydrogen-bond donors (Lipinski definition) is 1. The van der Waals surface area contributed by atoms with Crippen molar-refractivity contribution in [1.82, 2.24) is 29.1 Å². The van der Waals surface area contributed by atoms with Crippen LogP contribution in [-0.4, -0.2) is 42.3 Å². The van der Waals surface area contributed by atoms with Crippen molar-refractivity contribution >= 4 is 28.3 Å². The Bertz CT molecular complexity index is 1320. The molecule has 0 amide bonds. The van der Waals surface area contributed by atoms with Gasteiger partial charge in [-0.1, -0.05) is 6.92 Å². The van der Waals surface area contributed by atoms with Crippen LogP contribution in [0.4, 0.5) is 11.6 Å². The second-order valence-corrected chi connectivity index (χ2v) is 8.11. The van der Waals surface area contributed by atoms with E-state index in [9.17, 15) is 4.79 Å². The zero-order valence-electron chi connectivity index (χ0n) is 17.2. The first-order chi connectivity index (χ1) is 14.4. The molecule has 0 saturated carbocycles. The predicted molar refractivity (Wildman–Crippen MR) is 113 cm³/mol. The molecule has 0 bridgehead atoms. The summed E-state index contributed by atoms with van der Waals surface area (Å²) >= 11 is 0. The summed E-state index contributed by atoms with van der Waals surface area (Å²) in [5.74, 6) is 0.473. The van der Waals surface area contributed by atoms with Crippen LogP contribution in [0, 0.1) is 6.92 Å². The van der Waals surface area contributed by atoms with E-state index in [1.54, 1.807) is 28.4 Å². The molecule has 0 aliphatic carbocycles. The Morgan fingerprint density at radius 2 is 2.00 bits per heavy atom. The second-order valence-electron chi connectivity index (χ2n) is 8.11. The van der Waals surface area contributed by atoms with Gasteiger partial charge in [-0.2, -0.15) is 5.10 Å². The molecule has 9 nitrogen and oxygen atoms in total. The molecule has 5 rings (SSSR count). The van der Waals surface area contributed by atoms with Gasteiger partial charge in [-0.15, -0.1) is 0 Å². The molecule has 1 N–H and O–H groups in total. The highest BCUT2D eigenvalue weighted by Gasteiger charge is 2.32. The van der Waals surface area contributed by atoms with Crippen molar-refractivity contribution in [3.63, 3.8) is 0 Å². The Morgan fingerprint density at radius 1 is 1.20 bits per heavy atom. The van der Waals surface area contributed by atoms with Crippen LogP contribution in [0.1, 0.15) is 30.9 Å². The van der Waals surface area contributed by atoms with Crippen LogP contribution in [-0.2, 0) is 17.2 Å². The summed E-state index contributed by atoms with van der Waals surface area (Å²) in [4.78, 5) is 26.1. The normalized spacial score (nSPS) is 16.2. The Kier molecular flexibility index (Phi) is 4.28. The molecule has 0 aromatic carbocycles. The highest BCUT2D eigenvalue weighted by Crippen LogP contribution is 2.37. The lowest BCUT2D eigenvalue weighted by Crippen LogP contribution is -2.33. The Labute approximate surface area is 172 Å². The Balaban J connectivity index is 1.63. The molecule has 0 radical (unpaired) electrons. The first kappa shape index (κ1) is 18.7. The van der Waals surface area contributed by atoms with Gasteiger partial charge in [0.1, 0.15) is 6.33 Å². The minimum absolute atomic E-state index is 0.0537. The Morgan fingerprint density at radius 3 is 2.80 bits per heavy atom. The van der Waals surface area contributed by atoms with E-state index in [2.05, 4.69) is 27.3 Å². The molecule has 0 unspecified atom stereocenters. The van der Waals surface area contributed by atoms with Crippen molar-refractivity contribution in [1.29, 1.82) is 0 Å². The van der Waals surface area contributed by atoms with Gasteiger partial charge in [-0.3, -0.25) is 4.79 Å². The highest BCUT2D eigenvalue weighted by molar-refractivity contribution is 5.80. The van der Waals surface area contributed by atoms with E-state index in [0.717, 1.165) is 46.3 Å². The Hall–Kier alpha value is -3.33. The van der Waals surface area contributed by atoms with Crippen LogP contribution in [0.15, 0.2) is 35.6 Å². The van der Waals surface area contributed by atoms with Gasteiger partial charge < -0.3 is 14.6 Å². The first-order valence-electron chi connectivity index (χ1n) is 9.97. The van der Waals surface area contributed by atoms with Crippen molar-refractivity contribution in [2.45, 2.75) is 32.1 Å². The number of rotatable bonds is 3. The lowest BCUT2D eigenvalue weighted by atomic mass is 9.76. The van der Waals surface area contributed by atoms with E-state index in [0.29, 0.717) is 19.2 Å². The minimum Gasteiger partial charge on any atom is -0.381 e. The van der Waals surface area contributed by atoms with E-state index in [1.165, 1.54) is 6.33 Å². The topological polar surface area (TPSA) is 99.2 Å². The third kappa shape index (κ3) is 3.02. The number of anilines is 2. The van der Waals surface area contributed by atoms with Crippen molar-refractivity contribution in [3.05, 3.63) is 52.3 Å². The summed E-state index contributed by atoms with van der Waals surface area (Å²) in [6, 6.07) is 3.67. The summed E-state index contributed by atoms with van der Waals surface area (Å²) in [7, 11) is 1.75. The number of aromatic nitrogens is 6. The van der Waals surface area contributed by atoms with E-state index < -0.39 is 0 Å². The molecule has 4 aromatic heterocycles. The molecule has 1 fully saturated rings. The summed E-state index contributed by atoms with van der Waals surface area (Å²) in [6.45, 7) is 5.54. The monoisotopic (exact) mass is 405 g/mol. The number of fused-ring (bicyclic) bond motifs is 2. The third-order valence-corrected chi connectivity index (χ3v) is 6.10. The van der Waals surface area contributed by atoms with E-state index in [-0.39, 0.29) is 11.0 Å². The highest BCUT2D eigenvalue weighted by atomic mass is 16.5. The van der Waals surface area contributed by atoms with Crippen LogP contribution in [0.25, 0.3) is 16.7 Å². The number of nitrogens with one attached hydrogen (secondary N) is 1. The molecule has 1 aliphatic heterocycles. The quantitative estimate of drug-likeness (QED) is 0.559. The number of pyridine rings is 2. The van der Waals surface area contributed by atoms with E-state index in [1.807, 2.05) is 19.2 Å². The van der Waals surface area contributed by atoms with E-state index >= 15 is 0 Å². The lowest BCUT2D eigenvalue weighted by molar-refractivity contribution is 0.0568. The second kappa shape index (κ2) is 6.88. The van der Waals surface area contributed by atoms with Gasteiger partial charge in [-0.05, 0) is 42.4 Å². The summed E-state index contributed by atoms with van der Waals surface area (Å²) in [5.41, 5.74) is 4.89. The van der Waals surface area contributed by atoms with Crippen molar-refractivity contribution in [3.8, 4) is 0 Å². The molecule has 1 saturated heterocycles. The standard InChI is InChI=1S/C21H23N7O2/c1-13-8-17-23-12-24-28(17)11-15(13)25-20-22-10-16-19(26-20)14(9-18(29)27(16)3)21(2)4-6-30-7-5-21/h8-12H,4-7H2,1-3H3,(H,22,25,26). The fraction of sp³-hybridized carbons (Fsp3) is 0.381. The number of aryl methyl sites for hydroxylation is 2. The van der Waals surface area contributed by atoms with Crippen LogP contribution >= 0.6 is 0 Å².